The monoisotopic (exact) mass is 555 g/mol. The molecule has 0 unspecified atom stereocenters. The van der Waals surface area contributed by atoms with Crippen molar-refractivity contribution in [3.63, 3.8) is 0 Å². The Morgan fingerprint density at radius 3 is 2.51 bits per heavy atom. The van der Waals surface area contributed by atoms with Crippen molar-refractivity contribution in [2.24, 2.45) is 0 Å². The highest BCUT2D eigenvalue weighted by Gasteiger charge is 2.29. The second-order valence-corrected chi connectivity index (χ2v) is 9.84. The van der Waals surface area contributed by atoms with Gasteiger partial charge in [-0.1, -0.05) is 36.0 Å². The fourth-order valence-electron chi connectivity index (χ4n) is 4.39. The molecule has 0 radical (unpaired) electrons. The molecule has 0 aliphatic heterocycles. The van der Waals surface area contributed by atoms with E-state index in [1.54, 1.807) is 54.1 Å². The van der Waals surface area contributed by atoms with Crippen molar-refractivity contribution >= 4 is 29.1 Å². The first kappa shape index (κ1) is 27.3. The molecule has 1 amide bonds. The number of nitrogens with one attached hydrogen (secondary N) is 1. The lowest BCUT2D eigenvalue weighted by Crippen LogP contribution is -2.45. The van der Waals surface area contributed by atoms with Crippen LogP contribution in [0.15, 0.2) is 42.5 Å². The van der Waals surface area contributed by atoms with Crippen molar-refractivity contribution in [2.75, 3.05) is 6.61 Å². The van der Waals surface area contributed by atoms with Crippen LogP contribution >= 0.6 is 23.2 Å². The van der Waals surface area contributed by atoms with Crippen LogP contribution in [-0.2, 0) is 0 Å². The summed E-state index contributed by atoms with van der Waals surface area (Å²) in [6, 6.07) is 11.0. The van der Waals surface area contributed by atoms with Gasteiger partial charge in [0, 0.05) is 16.1 Å². The SMILES string of the molecule is Cc1c(C(=O)N[C@H]2CCCC[C@H]2O)nn(-c2ccc(Cl)cc2Cl)c1-c1ccc(OCCC(F)(F)F)cc1. The van der Waals surface area contributed by atoms with E-state index < -0.39 is 31.2 Å². The van der Waals surface area contributed by atoms with Crippen molar-refractivity contribution in [3.8, 4) is 22.7 Å². The topological polar surface area (TPSA) is 76.4 Å². The quantitative estimate of drug-likeness (QED) is 0.348. The van der Waals surface area contributed by atoms with Gasteiger partial charge in [0.05, 0.1) is 41.6 Å². The van der Waals surface area contributed by atoms with Gasteiger partial charge in [0.25, 0.3) is 5.91 Å². The number of aliphatic hydroxyl groups excluding tert-OH is 1. The van der Waals surface area contributed by atoms with E-state index in [-0.39, 0.29) is 17.5 Å². The summed E-state index contributed by atoms with van der Waals surface area (Å²) >= 11 is 12.5. The maximum Gasteiger partial charge on any atom is 0.392 e. The zero-order valence-corrected chi connectivity index (χ0v) is 21.5. The Kier molecular flexibility index (Phi) is 8.36. The average molecular weight is 556 g/mol. The highest BCUT2D eigenvalue weighted by molar-refractivity contribution is 6.35. The molecule has 0 saturated heterocycles. The van der Waals surface area contributed by atoms with Gasteiger partial charge in [-0.25, -0.2) is 4.68 Å². The summed E-state index contributed by atoms with van der Waals surface area (Å²) in [5.41, 5.74) is 2.45. The summed E-state index contributed by atoms with van der Waals surface area (Å²) in [6.45, 7) is 1.26. The Bertz CT molecular complexity index is 1260. The fraction of sp³-hybridized carbons (Fsp3) is 0.385. The van der Waals surface area contributed by atoms with E-state index in [0.717, 1.165) is 12.8 Å². The van der Waals surface area contributed by atoms with Crippen LogP contribution in [0.1, 0.15) is 48.2 Å². The van der Waals surface area contributed by atoms with Crippen LogP contribution in [0.3, 0.4) is 0 Å². The molecule has 11 heteroatoms. The van der Waals surface area contributed by atoms with E-state index in [9.17, 15) is 23.1 Å². The van der Waals surface area contributed by atoms with Gasteiger partial charge in [0.15, 0.2) is 5.69 Å². The first-order chi connectivity index (χ1) is 17.5. The maximum atomic E-state index is 13.2. The van der Waals surface area contributed by atoms with Crippen LogP contribution in [0.4, 0.5) is 13.2 Å². The fourth-order valence-corrected chi connectivity index (χ4v) is 4.88. The Balaban J connectivity index is 1.68. The normalized spacial score (nSPS) is 18.0. The summed E-state index contributed by atoms with van der Waals surface area (Å²) in [6.07, 6.45) is -2.83. The molecule has 2 aromatic carbocycles. The lowest BCUT2D eigenvalue weighted by Gasteiger charge is -2.28. The number of halogens is 5. The summed E-state index contributed by atoms with van der Waals surface area (Å²) in [5, 5.41) is 18.5. The predicted octanol–water partition coefficient (Wildman–Crippen LogP) is 6.52. The molecular weight excluding hydrogens is 530 g/mol. The van der Waals surface area contributed by atoms with Gasteiger partial charge in [-0.3, -0.25) is 4.79 Å². The summed E-state index contributed by atoms with van der Waals surface area (Å²) in [4.78, 5) is 13.2. The summed E-state index contributed by atoms with van der Waals surface area (Å²) in [5.74, 6) is -0.133. The van der Waals surface area contributed by atoms with Crippen LogP contribution in [0.5, 0.6) is 5.75 Å². The molecule has 0 bridgehead atoms. The molecule has 2 atom stereocenters. The first-order valence-electron chi connectivity index (χ1n) is 11.9. The van der Waals surface area contributed by atoms with Crippen molar-refractivity contribution in [1.29, 1.82) is 0 Å². The number of rotatable bonds is 7. The molecule has 0 spiro atoms. The number of carbonyl (C=O) groups excluding carboxylic acids is 1. The summed E-state index contributed by atoms with van der Waals surface area (Å²) in [7, 11) is 0. The third-order valence-corrected chi connectivity index (χ3v) is 6.84. The van der Waals surface area contributed by atoms with Crippen molar-refractivity contribution in [3.05, 3.63) is 63.8 Å². The van der Waals surface area contributed by atoms with Crippen LogP contribution in [0.25, 0.3) is 16.9 Å². The van der Waals surface area contributed by atoms with E-state index in [1.807, 2.05) is 0 Å². The van der Waals surface area contributed by atoms with Gasteiger partial charge in [-0.05, 0) is 62.2 Å². The highest BCUT2D eigenvalue weighted by atomic mass is 35.5. The van der Waals surface area contributed by atoms with E-state index in [2.05, 4.69) is 10.4 Å². The Morgan fingerprint density at radius 1 is 1.16 bits per heavy atom. The molecule has 1 fully saturated rings. The van der Waals surface area contributed by atoms with E-state index >= 15 is 0 Å². The van der Waals surface area contributed by atoms with Crippen molar-refractivity contribution in [1.82, 2.24) is 15.1 Å². The van der Waals surface area contributed by atoms with Gasteiger partial charge in [0.1, 0.15) is 5.75 Å². The van der Waals surface area contributed by atoms with Crippen LogP contribution < -0.4 is 10.1 Å². The van der Waals surface area contributed by atoms with Crippen molar-refractivity contribution in [2.45, 2.75) is 57.3 Å². The first-order valence-corrected chi connectivity index (χ1v) is 12.6. The number of amides is 1. The minimum absolute atomic E-state index is 0.171. The highest BCUT2D eigenvalue weighted by Crippen LogP contribution is 2.34. The van der Waals surface area contributed by atoms with E-state index in [1.165, 1.54) is 0 Å². The Morgan fingerprint density at radius 2 is 1.86 bits per heavy atom. The van der Waals surface area contributed by atoms with Crippen LogP contribution in [0.2, 0.25) is 10.0 Å². The smallest absolute Gasteiger partial charge is 0.392 e. The number of hydrogen-bond acceptors (Lipinski definition) is 4. The minimum Gasteiger partial charge on any atom is -0.493 e. The zero-order valence-electron chi connectivity index (χ0n) is 20.0. The molecular formula is C26H26Cl2F3N3O3. The zero-order chi connectivity index (χ0) is 26.7. The predicted molar refractivity (Wildman–Crippen MR) is 136 cm³/mol. The number of nitrogens with zero attached hydrogens (tertiary/aromatic N) is 2. The van der Waals surface area contributed by atoms with Gasteiger partial charge in [0.2, 0.25) is 0 Å². The van der Waals surface area contributed by atoms with Gasteiger partial charge in [-0.2, -0.15) is 18.3 Å². The summed E-state index contributed by atoms with van der Waals surface area (Å²) < 4.78 is 44.1. The molecule has 1 aliphatic rings. The third kappa shape index (κ3) is 6.58. The Hall–Kier alpha value is -2.75. The number of alkyl halides is 3. The van der Waals surface area contributed by atoms with Gasteiger partial charge < -0.3 is 15.2 Å². The van der Waals surface area contributed by atoms with Gasteiger partial charge in [-0.15, -0.1) is 0 Å². The average Bonchev–Trinajstić information content (AvgIpc) is 3.17. The van der Waals surface area contributed by atoms with E-state index in [4.69, 9.17) is 27.9 Å². The largest absolute Gasteiger partial charge is 0.493 e. The molecule has 37 heavy (non-hydrogen) atoms. The molecule has 198 valence electrons. The lowest BCUT2D eigenvalue weighted by molar-refractivity contribution is -0.139. The molecule has 2 N–H and O–H groups in total. The number of aromatic nitrogens is 2. The Labute approximate surface area is 222 Å². The second-order valence-electron chi connectivity index (χ2n) is 9.00. The molecule has 1 saturated carbocycles. The number of aliphatic hydroxyl groups is 1. The molecule has 1 heterocycles. The second kappa shape index (κ2) is 11.3. The minimum atomic E-state index is -4.30. The van der Waals surface area contributed by atoms with Crippen molar-refractivity contribution < 1.29 is 27.8 Å². The van der Waals surface area contributed by atoms with Crippen LogP contribution in [0, 0.1) is 6.92 Å². The molecule has 1 aliphatic carbocycles. The lowest BCUT2D eigenvalue weighted by atomic mass is 9.92. The number of benzene rings is 2. The molecule has 4 rings (SSSR count). The molecule has 6 nitrogen and oxygen atoms in total. The number of hydrogen-bond donors (Lipinski definition) is 2. The molecule has 3 aromatic rings. The standard InChI is InChI=1S/C26H26Cl2F3N3O3/c1-15-23(25(36)32-20-4-2-3-5-22(20)35)33-34(21-11-8-17(27)14-19(21)28)24(15)16-6-9-18(10-7-16)37-13-12-26(29,30)31/h6-11,14,20,22,35H,2-5,12-13H2,1H3,(H,32,36)/t20-,22+/m0/s1. The number of ether oxygens (including phenoxy) is 1. The van der Waals surface area contributed by atoms with Crippen LogP contribution in [-0.4, -0.2) is 45.7 Å². The maximum absolute atomic E-state index is 13.2. The molecule has 1 aromatic heterocycles. The third-order valence-electron chi connectivity index (χ3n) is 6.30. The van der Waals surface area contributed by atoms with Gasteiger partial charge >= 0.3 is 6.18 Å². The number of carbonyl (C=O) groups is 1. The van der Waals surface area contributed by atoms with E-state index in [0.29, 0.717) is 45.4 Å².